The number of rotatable bonds is 3. The molecular formula is C15H24N2O. The van der Waals surface area contributed by atoms with Crippen LogP contribution in [0.4, 0.5) is 0 Å². The van der Waals surface area contributed by atoms with E-state index in [0.29, 0.717) is 18.2 Å². The summed E-state index contributed by atoms with van der Waals surface area (Å²) < 4.78 is 2.23. The Morgan fingerprint density at radius 3 is 2.61 bits per heavy atom. The average Bonchev–Trinajstić information content (AvgIpc) is 2.66. The van der Waals surface area contributed by atoms with E-state index < -0.39 is 0 Å². The summed E-state index contributed by atoms with van der Waals surface area (Å²) in [6, 6.07) is 4.23. The molecule has 1 aliphatic heterocycles. The molecule has 2 rings (SSSR count). The summed E-state index contributed by atoms with van der Waals surface area (Å²) in [5.41, 5.74) is 2.49. The lowest BCUT2D eigenvalue weighted by atomic mass is 10.00. The Kier molecular flexibility index (Phi) is 4.10. The molecule has 0 N–H and O–H groups in total. The highest BCUT2D eigenvalue weighted by atomic mass is 16.2. The van der Waals surface area contributed by atoms with Gasteiger partial charge >= 0.3 is 0 Å². The standard InChI is InChI=1S/C15H24N2O/c1-12-5-4-9-16(11-12)15(18)8-10-17-13(2)6-7-14(17)3/h6-7,12H,4-5,8-11H2,1-3H3. The van der Waals surface area contributed by atoms with Gasteiger partial charge in [0.05, 0.1) is 0 Å². The van der Waals surface area contributed by atoms with Crippen LogP contribution < -0.4 is 0 Å². The normalized spacial score (nSPS) is 20.2. The fourth-order valence-electron chi connectivity index (χ4n) is 2.83. The number of carbonyl (C=O) groups excluding carboxylic acids is 1. The monoisotopic (exact) mass is 248 g/mol. The van der Waals surface area contributed by atoms with Crippen LogP contribution in [0.25, 0.3) is 0 Å². The van der Waals surface area contributed by atoms with Crippen molar-refractivity contribution in [3.8, 4) is 0 Å². The van der Waals surface area contributed by atoms with Gasteiger partial charge in [-0.3, -0.25) is 4.79 Å². The maximum Gasteiger partial charge on any atom is 0.224 e. The quantitative estimate of drug-likeness (QED) is 0.807. The molecule has 3 heteroatoms. The van der Waals surface area contributed by atoms with Gasteiger partial charge in [0.2, 0.25) is 5.91 Å². The van der Waals surface area contributed by atoms with Crippen molar-refractivity contribution in [2.75, 3.05) is 13.1 Å². The van der Waals surface area contributed by atoms with Gasteiger partial charge in [0, 0.05) is 37.4 Å². The van der Waals surface area contributed by atoms with Gasteiger partial charge in [0.1, 0.15) is 0 Å². The van der Waals surface area contributed by atoms with Crippen molar-refractivity contribution in [1.82, 2.24) is 9.47 Å². The molecule has 0 bridgehead atoms. The summed E-state index contributed by atoms with van der Waals surface area (Å²) >= 11 is 0. The molecule has 1 amide bonds. The lowest BCUT2D eigenvalue weighted by molar-refractivity contribution is -0.133. The molecule has 1 aromatic rings. The van der Waals surface area contributed by atoms with E-state index in [-0.39, 0.29) is 0 Å². The minimum Gasteiger partial charge on any atom is -0.349 e. The van der Waals surface area contributed by atoms with Gasteiger partial charge in [-0.25, -0.2) is 0 Å². The Hall–Kier alpha value is -1.25. The lowest BCUT2D eigenvalue weighted by Crippen LogP contribution is -2.39. The van der Waals surface area contributed by atoms with Gasteiger partial charge in [-0.2, -0.15) is 0 Å². The first-order valence-electron chi connectivity index (χ1n) is 6.98. The van der Waals surface area contributed by atoms with Crippen LogP contribution in [0.5, 0.6) is 0 Å². The van der Waals surface area contributed by atoms with Crippen molar-refractivity contribution in [3.63, 3.8) is 0 Å². The van der Waals surface area contributed by atoms with E-state index in [1.807, 2.05) is 4.90 Å². The molecule has 1 unspecified atom stereocenters. The van der Waals surface area contributed by atoms with E-state index >= 15 is 0 Å². The molecule has 0 radical (unpaired) electrons. The number of carbonyl (C=O) groups is 1. The SMILES string of the molecule is Cc1ccc(C)n1CCC(=O)N1CCCC(C)C1. The van der Waals surface area contributed by atoms with Gasteiger partial charge < -0.3 is 9.47 Å². The Morgan fingerprint density at radius 1 is 1.33 bits per heavy atom. The first-order chi connectivity index (χ1) is 8.58. The van der Waals surface area contributed by atoms with Crippen LogP contribution in [0.2, 0.25) is 0 Å². The summed E-state index contributed by atoms with van der Waals surface area (Å²) in [6.07, 6.45) is 3.05. The number of aromatic nitrogens is 1. The van der Waals surface area contributed by atoms with Crippen LogP contribution in [0, 0.1) is 19.8 Å². The van der Waals surface area contributed by atoms with E-state index in [9.17, 15) is 4.79 Å². The average molecular weight is 248 g/mol. The van der Waals surface area contributed by atoms with E-state index in [0.717, 1.165) is 26.1 Å². The van der Waals surface area contributed by atoms with Gasteiger partial charge in [0.25, 0.3) is 0 Å². The van der Waals surface area contributed by atoms with Gasteiger partial charge in [-0.05, 0) is 44.7 Å². The number of piperidine rings is 1. The molecule has 0 saturated carbocycles. The molecule has 1 aliphatic rings. The molecule has 1 saturated heterocycles. The highest BCUT2D eigenvalue weighted by Crippen LogP contribution is 2.17. The van der Waals surface area contributed by atoms with Crippen molar-refractivity contribution < 1.29 is 4.79 Å². The molecule has 0 spiro atoms. The number of hydrogen-bond donors (Lipinski definition) is 0. The first kappa shape index (κ1) is 13.2. The van der Waals surface area contributed by atoms with Crippen LogP contribution in [0.3, 0.4) is 0 Å². The highest BCUT2D eigenvalue weighted by molar-refractivity contribution is 5.76. The largest absolute Gasteiger partial charge is 0.349 e. The number of hydrogen-bond acceptors (Lipinski definition) is 1. The summed E-state index contributed by atoms with van der Waals surface area (Å²) in [5, 5.41) is 0. The number of amides is 1. The summed E-state index contributed by atoms with van der Waals surface area (Å²) in [4.78, 5) is 14.2. The Bertz CT molecular complexity index is 403. The van der Waals surface area contributed by atoms with Crippen LogP contribution in [-0.2, 0) is 11.3 Å². The zero-order valence-corrected chi connectivity index (χ0v) is 11.8. The Balaban J connectivity index is 1.88. The number of nitrogens with zero attached hydrogens (tertiary/aromatic N) is 2. The summed E-state index contributed by atoms with van der Waals surface area (Å²) in [5.74, 6) is 0.979. The maximum atomic E-state index is 12.2. The zero-order chi connectivity index (χ0) is 13.1. The fraction of sp³-hybridized carbons (Fsp3) is 0.667. The van der Waals surface area contributed by atoms with E-state index in [1.54, 1.807) is 0 Å². The molecule has 1 fully saturated rings. The van der Waals surface area contributed by atoms with Crippen LogP contribution in [-0.4, -0.2) is 28.5 Å². The van der Waals surface area contributed by atoms with Gasteiger partial charge in [0.15, 0.2) is 0 Å². The number of likely N-dealkylation sites (tertiary alicyclic amines) is 1. The van der Waals surface area contributed by atoms with E-state index in [4.69, 9.17) is 0 Å². The molecule has 3 nitrogen and oxygen atoms in total. The second-order valence-corrected chi connectivity index (χ2v) is 5.60. The third-order valence-corrected chi connectivity index (χ3v) is 3.98. The molecule has 18 heavy (non-hydrogen) atoms. The van der Waals surface area contributed by atoms with Crippen molar-refractivity contribution >= 4 is 5.91 Å². The van der Waals surface area contributed by atoms with Crippen molar-refractivity contribution in [2.45, 2.75) is 46.6 Å². The molecular weight excluding hydrogens is 224 g/mol. The van der Waals surface area contributed by atoms with Crippen LogP contribution >= 0.6 is 0 Å². The predicted molar refractivity (Wildman–Crippen MR) is 73.5 cm³/mol. The van der Waals surface area contributed by atoms with Gasteiger partial charge in [-0.1, -0.05) is 6.92 Å². The molecule has 2 heterocycles. The van der Waals surface area contributed by atoms with Crippen molar-refractivity contribution in [1.29, 1.82) is 0 Å². The summed E-state index contributed by atoms with van der Waals surface area (Å²) in [7, 11) is 0. The zero-order valence-electron chi connectivity index (χ0n) is 11.8. The third kappa shape index (κ3) is 2.95. The molecule has 0 aliphatic carbocycles. The Labute approximate surface area is 110 Å². The smallest absolute Gasteiger partial charge is 0.224 e. The minimum absolute atomic E-state index is 0.314. The second kappa shape index (κ2) is 5.59. The second-order valence-electron chi connectivity index (χ2n) is 5.60. The fourth-order valence-corrected chi connectivity index (χ4v) is 2.83. The number of aryl methyl sites for hydroxylation is 2. The predicted octanol–water partition coefficient (Wildman–Crippen LogP) is 2.75. The summed E-state index contributed by atoms with van der Waals surface area (Å²) in [6.45, 7) is 9.14. The molecule has 100 valence electrons. The minimum atomic E-state index is 0.314. The lowest BCUT2D eigenvalue weighted by Gasteiger charge is -2.31. The highest BCUT2D eigenvalue weighted by Gasteiger charge is 2.20. The van der Waals surface area contributed by atoms with Crippen molar-refractivity contribution in [2.24, 2.45) is 5.92 Å². The van der Waals surface area contributed by atoms with E-state index in [2.05, 4.69) is 37.5 Å². The molecule has 0 aromatic carbocycles. The topological polar surface area (TPSA) is 25.2 Å². The third-order valence-electron chi connectivity index (χ3n) is 3.98. The van der Waals surface area contributed by atoms with Crippen LogP contribution in [0.1, 0.15) is 37.6 Å². The van der Waals surface area contributed by atoms with Crippen LogP contribution in [0.15, 0.2) is 12.1 Å². The van der Waals surface area contributed by atoms with Gasteiger partial charge in [-0.15, -0.1) is 0 Å². The maximum absolute atomic E-state index is 12.2. The molecule has 1 atom stereocenters. The van der Waals surface area contributed by atoms with Crippen molar-refractivity contribution in [3.05, 3.63) is 23.5 Å². The molecule has 1 aromatic heterocycles. The van der Waals surface area contributed by atoms with E-state index in [1.165, 1.54) is 17.8 Å². The Morgan fingerprint density at radius 2 is 2.00 bits per heavy atom. The first-order valence-corrected chi connectivity index (χ1v) is 6.98.